The zero-order chi connectivity index (χ0) is 16.8. The van der Waals surface area contributed by atoms with Crippen LogP contribution in [-0.4, -0.2) is 37.4 Å². The molecule has 4 unspecified atom stereocenters. The van der Waals surface area contributed by atoms with Crippen molar-refractivity contribution >= 4 is 10.1 Å². The minimum absolute atomic E-state index is 0.0400. The molecule has 0 aromatic heterocycles. The zero-order valence-corrected chi connectivity index (χ0v) is 14.5. The fourth-order valence-electron chi connectivity index (χ4n) is 6.30. The third-order valence-electron chi connectivity index (χ3n) is 6.01. The Kier molecular flexibility index (Phi) is 4.16. The molecule has 0 saturated heterocycles. The number of nitrogens with zero attached hydrogens (tertiary/aromatic N) is 3. The number of nitrogens with one attached hydrogen (secondary N) is 1. The molecule has 7 nitrogen and oxygen atoms in total. The Morgan fingerprint density at radius 1 is 1.30 bits per heavy atom. The Morgan fingerprint density at radius 2 is 2.09 bits per heavy atom. The predicted molar refractivity (Wildman–Crippen MR) is 87.5 cm³/mol. The molecule has 4 aliphatic carbocycles. The van der Waals surface area contributed by atoms with Crippen LogP contribution in [0.15, 0.2) is 5.11 Å². The van der Waals surface area contributed by atoms with E-state index in [1.807, 2.05) is 0 Å². The van der Waals surface area contributed by atoms with E-state index in [0.29, 0.717) is 30.8 Å². The average molecular weight is 342 g/mol. The molecule has 0 aliphatic heterocycles. The smallest absolute Gasteiger partial charge is 0.264 e. The molecule has 0 heterocycles. The predicted octanol–water partition coefficient (Wildman–Crippen LogP) is 2.89. The van der Waals surface area contributed by atoms with Gasteiger partial charge in [0.15, 0.2) is 0 Å². The van der Waals surface area contributed by atoms with E-state index in [4.69, 9.17) is 10.1 Å². The minimum Gasteiger partial charge on any atom is -0.311 e. The van der Waals surface area contributed by atoms with Gasteiger partial charge in [0.25, 0.3) is 10.1 Å². The number of rotatable bonds is 7. The fourth-order valence-corrected chi connectivity index (χ4v) is 6.81. The van der Waals surface area contributed by atoms with Crippen molar-refractivity contribution in [3.63, 3.8) is 0 Å². The van der Waals surface area contributed by atoms with Crippen LogP contribution in [0.25, 0.3) is 10.4 Å². The lowest BCUT2D eigenvalue weighted by atomic mass is 9.42. The van der Waals surface area contributed by atoms with Gasteiger partial charge in [0.1, 0.15) is 0 Å². The van der Waals surface area contributed by atoms with Gasteiger partial charge in [-0.15, -0.1) is 0 Å². The fraction of sp³-hybridized carbons (Fsp3) is 1.00. The molecule has 0 amide bonds. The normalized spacial score (nSPS) is 41.7. The van der Waals surface area contributed by atoms with Gasteiger partial charge in [0, 0.05) is 17.0 Å². The van der Waals surface area contributed by atoms with Gasteiger partial charge in [-0.05, 0) is 73.8 Å². The Morgan fingerprint density at radius 3 is 2.74 bits per heavy atom. The Bertz CT molecular complexity index is 633. The number of hydrogen-bond donors (Lipinski definition) is 2. The molecule has 4 atom stereocenters. The summed E-state index contributed by atoms with van der Waals surface area (Å²) in [6.07, 6.45) is 7.20. The highest BCUT2D eigenvalue weighted by molar-refractivity contribution is 7.85. The molecule has 4 saturated carbocycles. The minimum atomic E-state index is -3.88. The van der Waals surface area contributed by atoms with Crippen LogP contribution in [0.1, 0.15) is 51.9 Å². The second-order valence-electron chi connectivity index (χ2n) is 8.56. The van der Waals surface area contributed by atoms with Crippen LogP contribution < -0.4 is 5.32 Å². The van der Waals surface area contributed by atoms with Gasteiger partial charge in [0.2, 0.25) is 0 Å². The highest BCUT2D eigenvalue weighted by Crippen LogP contribution is 2.66. The second kappa shape index (κ2) is 5.62. The summed E-state index contributed by atoms with van der Waals surface area (Å²) in [5, 5.41) is 7.51. The van der Waals surface area contributed by atoms with Crippen LogP contribution in [-0.2, 0) is 10.1 Å². The lowest BCUT2D eigenvalue weighted by Gasteiger charge is -2.66. The molecule has 23 heavy (non-hydrogen) atoms. The average Bonchev–Trinajstić information content (AvgIpc) is 2.38. The van der Waals surface area contributed by atoms with Crippen molar-refractivity contribution in [2.24, 2.45) is 21.9 Å². The molecule has 0 aromatic rings. The van der Waals surface area contributed by atoms with E-state index in [0.717, 1.165) is 32.1 Å². The third kappa shape index (κ3) is 3.65. The summed E-state index contributed by atoms with van der Waals surface area (Å²) in [5.41, 5.74) is 9.15. The van der Waals surface area contributed by atoms with E-state index in [9.17, 15) is 8.42 Å². The van der Waals surface area contributed by atoms with Crippen molar-refractivity contribution in [3.8, 4) is 0 Å². The molecular weight excluding hydrogens is 316 g/mol. The van der Waals surface area contributed by atoms with Crippen LogP contribution in [0.3, 0.4) is 0 Å². The first kappa shape index (κ1) is 17.0. The second-order valence-corrected chi connectivity index (χ2v) is 10.1. The van der Waals surface area contributed by atoms with E-state index in [1.165, 1.54) is 6.42 Å². The molecule has 0 spiro atoms. The summed E-state index contributed by atoms with van der Waals surface area (Å²) in [7, 11) is -3.88. The van der Waals surface area contributed by atoms with Gasteiger partial charge in [-0.25, -0.2) is 0 Å². The first-order valence-electron chi connectivity index (χ1n) is 8.38. The summed E-state index contributed by atoms with van der Waals surface area (Å²) in [6.45, 7) is 3.52. The summed E-state index contributed by atoms with van der Waals surface area (Å²) in [6, 6.07) is 0. The Balaban J connectivity index is 1.70. The summed E-state index contributed by atoms with van der Waals surface area (Å²) in [4.78, 5) is 2.97. The van der Waals surface area contributed by atoms with E-state index in [1.54, 1.807) is 0 Å². The Labute approximate surface area is 137 Å². The Hall–Kier alpha value is -0.820. The third-order valence-corrected chi connectivity index (χ3v) is 6.82. The van der Waals surface area contributed by atoms with Gasteiger partial charge < -0.3 is 5.32 Å². The lowest BCUT2D eigenvalue weighted by molar-refractivity contribution is -0.121. The maximum Gasteiger partial charge on any atom is 0.264 e. The van der Waals surface area contributed by atoms with E-state index < -0.39 is 10.1 Å². The molecule has 4 fully saturated rings. The van der Waals surface area contributed by atoms with Crippen LogP contribution in [0.4, 0.5) is 0 Å². The van der Waals surface area contributed by atoms with Gasteiger partial charge in [-0.2, -0.15) is 8.42 Å². The largest absolute Gasteiger partial charge is 0.311 e. The standard InChI is InChI=1S/C15H26N4O3S/c1-13-5-12-6-14(8-13,11-18-19-16)10-15(7-12,9-13)17-3-2-4-23(20,21)22/h12,17H,2-11H2,1H3,(H,20,21,22). The maximum atomic E-state index is 10.9. The lowest BCUT2D eigenvalue weighted by Crippen LogP contribution is -2.65. The monoisotopic (exact) mass is 342 g/mol. The summed E-state index contributed by atoms with van der Waals surface area (Å²) < 4.78 is 30.6. The molecule has 4 bridgehead atoms. The van der Waals surface area contributed by atoms with Crippen LogP contribution >= 0.6 is 0 Å². The zero-order valence-electron chi connectivity index (χ0n) is 13.7. The highest BCUT2D eigenvalue weighted by Gasteiger charge is 2.61. The van der Waals surface area contributed by atoms with Gasteiger partial charge >= 0.3 is 0 Å². The van der Waals surface area contributed by atoms with Crippen LogP contribution in [0.2, 0.25) is 0 Å². The first-order valence-corrected chi connectivity index (χ1v) is 9.99. The molecule has 0 aromatic carbocycles. The topological polar surface area (TPSA) is 115 Å². The summed E-state index contributed by atoms with van der Waals surface area (Å²) in [5.74, 6) is 0.472. The van der Waals surface area contributed by atoms with Crippen molar-refractivity contribution in [1.29, 1.82) is 0 Å². The van der Waals surface area contributed by atoms with E-state index in [-0.39, 0.29) is 16.7 Å². The van der Waals surface area contributed by atoms with Crippen molar-refractivity contribution in [2.75, 3.05) is 18.8 Å². The van der Waals surface area contributed by atoms with Crippen molar-refractivity contribution in [3.05, 3.63) is 10.4 Å². The van der Waals surface area contributed by atoms with Crippen molar-refractivity contribution in [2.45, 2.75) is 57.4 Å². The number of azide groups is 1. The SMILES string of the molecule is CC12CC3CC(CN=[N+]=[N-])(C1)CC(NCCCS(=O)(=O)O)(C3)C2. The van der Waals surface area contributed by atoms with Gasteiger partial charge in [0.05, 0.1) is 5.75 Å². The number of hydrogen-bond acceptors (Lipinski definition) is 4. The first-order chi connectivity index (χ1) is 10.7. The molecule has 4 aliphatic rings. The molecule has 4 rings (SSSR count). The van der Waals surface area contributed by atoms with Crippen molar-refractivity contribution in [1.82, 2.24) is 5.32 Å². The highest BCUT2D eigenvalue weighted by atomic mass is 32.2. The molecule has 130 valence electrons. The van der Waals surface area contributed by atoms with E-state index >= 15 is 0 Å². The summed E-state index contributed by atoms with van der Waals surface area (Å²) >= 11 is 0. The van der Waals surface area contributed by atoms with Crippen LogP contribution in [0.5, 0.6) is 0 Å². The maximum absolute atomic E-state index is 10.9. The molecule has 0 radical (unpaired) electrons. The van der Waals surface area contributed by atoms with E-state index in [2.05, 4.69) is 22.3 Å². The molecule has 2 N–H and O–H groups in total. The van der Waals surface area contributed by atoms with Crippen LogP contribution in [0, 0.1) is 16.7 Å². The van der Waals surface area contributed by atoms with Gasteiger partial charge in [-0.1, -0.05) is 12.0 Å². The van der Waals surface area contributed by atoms with Crippen molar-refractivity contribution < 1.29 is 13.0 Å². The molecular formula is C15H26N4O3S. The van der Waals surface area contributed by atoms with Gasteiger partial charge in [-0.3, -0.25) is 4.55 Å². The quantitative estimate of drug-likeness (QED) is 0.243. The molecule has 8 heteroatoms.